The van der Waals surface area contributed by atoms with E-state index >= 15 is 0 Å². The van der Waals surface area contributed by atoms with E-state index in [1.807, 2.05) is 0 Å². The lowest BCUT2D eigenvalue weighted by atomic mass is 9.87. The first-order valence-corrected chi connectivity index (χ1v) is 9.50. The van der Waals surface area contributed by atoms with Gasteiger partial charge in [-0.05, 0) is 41.5 Å². The molecule has 0 bridgehead atoms. The van der Waals surface area contributed by atoms with Crippen molar-refractivity contribution >= 4 is 6.08 Å². The normalized spacial score (nSPS) is 11.9. The van der Waals surface area contributed by atoms with Crippen LogP contribution in [0.25, 0.3) is 17.2 Å². The molecule has 1 aromatic heterocycles. The molecule has 0 aliphatic heterocycles. The van der Waals surface area contributed by atoms with Crippen LogP contribution in [-0.2, 0) is 6.61 Å². The summed E-state index contributed by atoms with van der Waals surface area (Å²) in [4.78, 5) is 4.94. The summed E-state index contributed by atoms with van der Waals surface area (Å²) in [7, 11) is 0. The number of aliphatic hydroxyl groups excluding tert-OH is 1. The van der Waals surface area contributed by atoms with Crippen molar-refractivity contribution in [3.63, 3.8) is 0 Å². The summed E-state index contributed by atoms with van der Waals surface area (Å²) in [6.07, 6.45) is 6.34. The maximum Gasteiger partial charge on any atom is 0.123 e. The quantitative estimate of drug-likeness (QED) is 0.620. The topological polar surface area (TPSA) is 33.1 Å². The van der Waals surface area contributed by atoms with Gasteiger partial charge in [0.05, 0.1) is 12.3 Å². The zero-order valence-electron chi connectivity index (χ0n) is 16.5. The van der Waals surface area contributed by atoms with Gasteiger partial charge < -0.3 is 5.11 Å². The van der Waals surface area contributed by atoms with E-state index in [2.05, 4.69) is 46.8 Å². The maximum absolute atomic E-state index is 13.5. The number of rotatable bonds is 7. The summed E-state index contributed by atoms with van der Waals surface area (Å²) < 4.78 is 13.5. The number of allylic oxidation sites excluding steroid dienone is 1. The summed E-state index contributed by atoms with van der Waals surface area (Å²) >= 11 is 0. The Hall–Kier alpha value is -2.00. The average Bonchev–Trinajstić information content (AvgIpc) is 2.61. The zero-order valence-corrected chi connectivity index (χ0v) is 16.5. The second-order valence-corrected chi connectivity index (χ2v) is 7.31. The number of nitrogens with zero attached hydrogens (tertiary/aromatic N) is 1. The van der Waals surface area contributed by atoms with Gasteiger partial charge in [0.2, 0.25) is 0 Å². The highest BCUT2D eigenvalue weighted by Gasteiger charge is 2.22. The number of aromatic nitrogens is 1. The molecule has 140 valence electrons. The molecule has 0 aliphatic rings. The van der Waals surface area contributed by atoms with Gasteiger partial charge in [0.1, 0.15) is 5.82 Å². The number of hydrogen-bond donors (Lipinski definition) is 1. The molecule has 26 heavy (non-hydrogen) atoms. The van der Waals surface area contributed by atoms with E-state index < -0.39 is 0 Å². The molecule has 1 aromatic carbocycles. The lowest BCUT2D eigenvalue weighted by Crippen LogP contribution is -2.10. The number of pyridine rings is 1. The fourth-order valence-electron chi connectivity index (χ4n) is 3.24. The fraction of sp³-hybridized carbons (Fsp3) is 0.435. The van der Waals surface area contributed by atoms with E-state index in [1.54, 1.807) is 12.1 Å². The fourth-order valence-corrected chi connectivity index (χ4v) is 3.24. The largest absolute Gasteiger partial charge is 0.392 e. The molecular weight excluding hydrogens is 325 g/mol. The Balaban J connectivity index is 2.86. The Bertz CT molecular complexity index is 761. The molecule has 0 aliphatic carbocycles. The van der Waals surface area contributed by atoms with Crippen molar-refractivity contribution < 1.29 is 9.50 Å². The van der Waals surface area contributed by atoms with Crippen molar-refractivity contribution in [2.24, 2.45) is 0 Å². The van der Waals surface area contributed by atoms with Gasteiger partial charge in [-0.2, -0.15) is 0 Å². The van der Waals surface area contributed by atoms with E-state index in [0.29, 0.717) is 0 Å². The van der Waals surface area contributed by atoms with E-state index in [9.17, 15) is 9.50 Å². The zero-order chi connectivity index (χ0) is 19.3. The Morgan fingerprint density at radius 3 is 2.15 bits per heavy atom. The third kappa shape index (κ3) is 4.39. The van der Waals surface area contributed by atoms with E-state index in [0.717, 1.165) is 46.5 Å². The van der Waals surface area contributed by atoms with Crippen LogP contribution in [0.5, 0.6) is 0 Å². The number of hydrogen-bond acceptors (Lipinski definition) is 2. The van der Waals surface area contributed by atoms with Crippen molar-refractivity contribution in [2.75, 3.05) is 0 Å². The SMILES string of the molecule is CCCC=Cc1c(C(C)C)nc(C(C)C)c(CO)c1-c1ccc(F)cc1. The minimum absolute atomic E-state index is 0.0831. The van der Waals surface area contributed by atoms with Gasteiger partial charge in [0.25, 0.3) is 0 Å². The third-order valence-electron chi connectivity index (χ3n) is 4.52. The molecular formula is C23H30FNO. The molecule has 0 amide bonds. The maximum atomic E-state index is 13.5. The first-order valence-electron chi connectivity index (χ1n) is 9.50. The van der Waals surface area contributed by atoms with Crippen molar-refractivity contribution in [3.8, 4) is 11.1 Å². The van der Waals surface area contributed by atoms with Gasteiger partial charge in [-0.3, -0.25) is 4.98 Å². The predicted octanol–water partition coefficient (Wildman–Crippen LogP) is 6.44. The van der Waals surface area contributed by atoms with Crippen molar-refractivity contribution in [2.45, 2.75) is 65.9 Å². The van der Waals surface area contributed by atoms with Crippen molar-refractivity contribution in [3.05, 3.63) is 58.7 Å². The molecule has 0 saturated heterocycles. The molecule has 0 radical (unpaired) electrons. The molecule has 3 heteroatoms. The van der Waals surface area contributed by atoms with E-state index in [4.69, 9.17) is 4.98 Å². The molecule has 2 rings (SSSR count). The van der Waals surface area contributed by atoms with Gasteiger partial charge in [0.15, 0.2) is 0 Å². The highest BCUT2D eigenvalue weighted by molar-refractivity contribution is 5.80. The standard InChI is InChI=1S/C23H30FNO/c1-6-7-8-9-19-21(17-10-12-18(24)13-11-17)20(14-26)23(16(4)5)25-22(19)15(2)3/h8-13,15-16,26H,6-7,14H2,1-5H3. The Kier molecular flexibility index (Phi) is 7.10. The molecule has 0 atom stereocenters. The summed E-state index contributed by atoms with van der Waals surface area (Å²) in [5, 5.41) is 10.2. The lowest BCUT2D eigenvalue weighted by Gasteiger charge is -2.22. The molecule has 2 nitrogen and oxygen atoms in total. The Morgan fingerprint density at radius 2 is 1.65 bits per heavy atom. The van der Waals surface area contributed by atoms with Crippen LogP contribution in [-0.4, -0.2) is 10.1 Å². The molecule has 0 fully saturated rings. The van der Waals surface area contributed by atoms with Crippen LogP contribution < -0.4 is 0 Å². The van der Waals surface area contributed by atoms with Crippen molar-refractivity contribution in [1.29, 1.82) is 0 Å². The number of unbranched alkanes of at least 4 members (excludes halogenated alkanes) is 1. The van der Waals surface area contributed by atoms with Crippen LogP contribution in [0.1, 0.15) is 81.8 Å². The Morgan fingerprint density at radius 1 is 1.04 bits per heavy atom. The smallest absolute Gasteiger partial charge is 0.123 e. The molecule has 1 N–H and O–H groups in total. The molecule has 0 spiro atoms. The first kappa shape index (κ1) is 20.3. The van der Waals surface area contributed by atoms with Gasteiger partial charge >= 0.3 is 0 Å². The van der Waals surface area contributed by atoms with Crippen LogP contribution >= 0.6 is 0 Å². The van der Waals surface area contributed by atoms with Crippen LogP contribution in [0.3, 0.4) is 0 Å². The number of aliphatic hydroxyl groups is 1. The third-order valence-corrected chi connectivity index (χ3v) is 4.52. The lowest BCUT2D eigenvalue weighted by molar-refractivity contribution is 0.280. The molecule has 0 unspecified atom stereocenters. The van der Waals surface area contributed by atoms with Gasteiger partial charge in [-0.15, -0.1) is 0 Å². The molecule has 2 aromatic rings. The van der Waals surface area contributed by atoms with Gasteiger partial charge in [-0.1, -0.05) is 65.3 Å². The van der Waals surface area contributed by atoms with E-state index in [-0.39, 0.29) is 24.3 Å². The summed E-state index contributed by atoms with van der Waals surface area (Å²) in [6, 6.07) is 6.52. The highest BCUT2D eigenvalue weighted by atomic mass is 19.1. The minimum Gasteiger partial charge on any atom is -0.392 e. The number of halogens is 1. The van der Waals surface area contributed by atoms with Crippen LogP contribution in [0.4, 0.5) is 4.39 Å². The number of benzene rings is 1. The molecule has 0 saturated carbocycles. The summed E-state index contributed by atoms with van der Waals surface area (Å²) in [6.45, 7) is 10.5. The predicted molar refractivity (Wildman–Crippen MR) is 108 cm³/mol. The van der Waals surface area contributed by atoms with Crippen LogP contribution in [0.2, 0.25) is 0 Å². The first-order chi connectivity index (χ1) is 12.4. The van der Waals surface area contributed by atoms with Crippen molar-refractivity contribution in [1.82, 2.24) is 4.98 Å². The second-order valence-electron chi connectivity index (χ2n) is 7.31. The van der Waals surface area contributed by atoms with Gasteiger partial charge in [-0.25, -0.2) is 4.39 Å². The monoisotopic (exact) mass is 355 g/mol. The second kappa shape index (κ2) is 9.09. The average molecular weight is 355 g/mol. The highest BCUT2D eigenvalue weighted by Crippen LogP contribution is 2.37. The van der Waals surface area contributed by atoms with Crippen LogP contribution in [0.15, 0.2) is 30.3 Å². The summed E-state index contributed by atoms with van der Waals surface area (Å²) in [5.74, 6) is 0.188. The van der Waals surface area contributed by atoms with Gasteiger partial charge in [0, 0.05) is 16.8 Å². The molecule has 1 heterocycles. The Labute approximate surface area is 156 Å². The summed E-state index contributed by atoms with van der Waals surface area (Å²) in [5.41, 5.74) is 5.71. The minimum atomic E-state index is -0.260. The van der Waals surface area contributed by atoms with E-state index in [1.165, 1.54) is 12.1 Å². The van der Waals surface area contributed by atoms with Crippen LogP contribution in [0, 0.1) is 5.82 Å².